The fourth-order valence-corrected chi connectivity index (χ4v) is 1.91. The fourth-order valence-electron chi connectivity index (χ4n) is 1.44. The van der Waals surface area contributed by atoms with E-state index >= 15 is 0 Å². The number of ether oxygens (including phenoxy) is 2. The van der Waals surface area contributed by atoms with Crippen molar-refractivity contribution in [1.29, 1.82) is 0 Å². The van der Waals surface area contributed by atoms with Gasteiger partial charge in [0.25, 0.3) is 5.91 Å². The average molecular weight is 354 g/mol. The van der Waals surface area contributed by atoms with Crippen LogP contribution in [0.1, 0.15) is 12.8 Å². The summed E-state index contributed by atoms with van der Waals surface area (Å²) in [6.45, 7) is -0.186. The van der Waals surface area contributed by atoms with Crippen molar-refractivity contribution in [2.45, 2.75) is 25.2 Å². The summed E-state index contributed by atoms with van der Waals surface area (Å²) >= 11 is 3.06. The highest BCUT2D eigenvalue weighted by molar-refractivity contribution is 9.10. The highest BCUT2D eigenvalue weighted by Crippen LogP contribution is 2.32. The van der Waals surface area contributed by atoms with Gasteiger partial charge in [0.05, 0.1) is 4.47 Å². The van der Waals surface area contributed by atoms with Gasteiger partial charge in [-0.1, -0.05) is 0 Å². The molecule has 0 unspecified atom stereocenters. The van der Waals surface area contributed by atoms with Crippen molar-refractivity contribution < 1.29 is 27.4 Å². The minimum Gasteiger partial charge on any atom is -0.483 e. The molecule has 1 aromatic rings. The fraction of sp³-hybridized carbons (Fsp3) is 0.417. The number of rotatable bonds is 5. The minimum absolute atomic E-state index is 0.186. The van der Waals surface area contributed by atoms with Crippen LogP contribution in [0.4, 0.5) is 13.2 Å². The third-order valence-electron chi connectivity index (χ3n) is 2.44. The molecule has 0 aliphatic heterocycles. The summed E-state index contributed by atoms with van der Waals surface area (Å²) in [5, 5.41) is 2.73. The van der Waals surface area contributed by atoms with Gasteiger partial charge in [-0.25, -0.2) is 0 Å². The van der Waals surface area contributed by atoms with E-state index in [0.29, 0.717) is 0 Å². The number of hydrogen-bond donors (Lipinski definition) is 1. The van der Waals surface area contributed by atoms with Crippen molar-refractivity contribution in [3.8, 4) is 11.5 Å². The maximum absolute atomic E-state index is 12.0. The minimum atomic E-state index is -4.74. The monoisotopic (exact) mass is 353 g/mol. The third-order valence-corrected chi connectivity index (χ3v) is 3.06. The lowest BCUT2D eigenvalue weighted by Crippen LogP contribution is -2.30. The Kier molecular flexibility index (Phi) is 4.42. The summed E-state index contributed by atoms with van der Waals surface area (Å²) < 4.78 is 45.4. The van der Waals surface area contributed by atoms with Crippen molar-refractivity contribution in [2.24, 2.45) is 0 Å². The van der Waals surface area contributed by atoms with Gasteiger partial charge in [0.15, 0.2) is 6.61 Å². The molecule has 0 aromatic heterocycles. The predicted molar refractivity (Wildman–Crippen MR) is 67.5 cm³/mol. The summed E-state index contributed by atoms with van der Waals surface area (Å²) in [4.78, 5) is 11.4. The van der Waals surface area contributed by atoms with E-state index in [2.05, 4.69) is 26.0 Å². The van der Waals surface area contributed by atoms with Gasteiger partial charge in [0.1, 0.15) is 11.5 Å². The maximum atomic E-state index is 12.0. The number of hydrogen-bond acceptors (Lipinski definition) is 3. The lowest BCUT2D eigenvalue weighted by molar-refractivity contribution is -0.274. The molecule has 1 saturated carbocycles. The van der Waals surface area contributed by atoms with E-state index in [-0.39, 0.29) is 34.5 Å². The summed E-state index contributed by atoms with van der Waals surface area (Å²) in [6.07, 6.45) is -2.80. The SMILES string of the molecule is O=C(COc1ccc(OC(F)(F)F)cc1Br)NC1CC1. The van der Waals surface area contributed by atoms with Gasteiger partial charge in [0, 0.05) is 6.04 Å². The Balaban J connectivity index is 1.89. The Labute approximate surface area is 121 Å². The van der Waals surface area contributed by atoms with Crippen LogP contribution in [-0.2, 0) is 4.79 Å². The third kappa shape index (κ3) is 4.92. The molecule has 1 aromatic carbocycles. The first-order chi connectivity index (χ1) is 9.33. The van der Waals surface area contributed by atoms with Crippen molar-refractivity contribution in [3.05, 3.63) is 22.7 Å². The molecular weight excluding hydrogens is 343 g/mol. The van der Waals surface area contributed by atoms with Gasteiger partial charge in [-0.2, -0.15) is 0 Å². The second kappa shape index (κ2) is 5.90. The van der Waals surface area contributed by atoms with Crippen molar-refractivity contribution in [2.75, 3.05) is 6.61 Å². The second-order valence-electron chi connectivity index (χ2n) is 4.27. The van der Waals surface area contributed by atoms with Gasteiger partial charge >= 0.3 is 6.36 Å². The molecular formula is C12H11BrF3NO3. The smallest absolute Gasteiger partial charge is 0.483 e. The number of amides is 1. The zero-order valence-corrected chi connectivity index (χ0v) is 11.8. The van der Waals surface area contributed by atoms with E-state index in [4.69, 9.17) is 4.74 Å². The Hall–Kier alpha value is -1.44. The van der Waals surface area contributed by atoms with Crippen LogP contribution in [0.3, 0.4) is 0 Å². The van der Waals surface area contributed by atoms with E-state index in [0.717, 1.165) is 25.0 Å². The molecule has 20 heavy (non-hydrogen) atoms. The first kappa shape index (κ1) is 15.0. The Morgan fingerprint density at radius 3 is 2.65 bits per heavy atom. The molecule has 1 amide bonds. The largest absolute Gasteiger partial charge is 0.573 e. The Bertz CT molecular complexity index is 503. The van der Waals surface area contributed by atoms with Crippen LogP contribution >= 0.6 is 15.9 Å². The molecule has 0 heterocycles. The van der Waals surface area contributed by atoms with Crippen LogP contribution in [0.2, 0.25) is 0 Å². The number of halogens is 4. The van der Waals surface area contributed by atoms with Crippen LogP contribution in [0.15, 0.2) is 22.7 Å². The number of carbonyl (C=O) groups excluding carboxylic acids is 1. The summed E-state index contributed by atoms with van der Waals surface area (Å²) in [5.74, 6) is -0.348. The lowest BCUT2D eigenvalue weighted by atomic mass is 10.3. The van der Waals surface area contributed by atoms with Crippen LogP contribution < -0.4 is 14.8 Å². The zero-order valence-electron chi connectivity index (χ0n) is 10.2. The molecule has 2 rings (SSSR count). The molecule has 8 heteroatoms. The first-order valence-electron chi connectivity index (χ1n) is 5.81. The lowest BCUT2D eigenvalue weighted by Gasteiger charge is -2.12. The van der Waals surface area contributed by atoms with Gasteiger partial charge < -0.3 is 14.8 Å². The molecule has 0 spiro atoms. The van der Waals surface area contributed by atoms with Crippen molar-refractivity contribution in [1.82, 2.24) is 5.32 Å². The summed E-state index contributed by atoms with van der Waals surface area (Å²) in [7, 11) is 0. The molecule has 1 aliphatic rings. The van der Waals surface area contributed by atoms with Crippen molar-refractivity contribution >= 4 is 21.8 Å². The molecule has 1 aliphatic carbocycles. The van der Waals surface area contributed by atoms with Gasteiger partial charge in [-0.15, -0.1) is 13.2 Å². The molecule has 4 nitrogen and oxygen atoms in total. The van der Waals surface area contributed by atoms with E-state index in [9.17, 15) is 18.0 Å². The normalized spacial score (nSPS) is 14.8. The van der Waals surface area contributed by atoms with E-state index < -0.39 is 6.36 Å². The number of nitrogens with one attached hydrogen (secondary N) is 1. The number of alkyl halides is 3. The van der Waals surface area contributed by atoms with E-state index in [1.54, 1.807) is 0 Å². The van der Waals surface area contributed by atoms with Crippen LogP contribution in [-0.4, -0.2) is 24.9 Å². The van der Waals surface area contributed by atoms with E-state index in [1.165, 1.54) is 6.07 Å². The molecule has 110 valence electrons. The van der Waals surface area contributed by atoms with Gasteiger partial charge in [-0.05, 0) is 47.0 Å². The zero-order chi connectivity index (χ0) is 14.8. The molecule has 1 N–H and O–H groups in total. The number of benzene rings is 1. The van der Waals surface area contributed by atoms with Crippen LogP contribution in [0, 0.1) is 0 Å². The molecule has 1 fully saturated rings. The maximum Gasteiger partial charge on any atom is 0.573 e. The summed E-state index contributed by atoms with van der Waals surface area (Å²) in [6, 6.07) is 3.78. The molecule has 0 atom stereocenters. The standard InChI is InChI=1S/C12H11BrF3NO3/c13-9-5-8(20-12(14,15)16)3-4-10(9)19-6-11(18)17-7-1-2-7/h3-5,7H,1-2,6H2,(H,17,18). The number of carbonyl (C=O) groups is 1. The van der Waals surface area contributed by atoms with Crippen LogP contribution in [0.25, 0.3) is 0 Å². The van der Waals surface area contributed by atoms with Crippen LogP contribution in [0.5, 0.6) is 11.5 Å². The first-order valence-corrected chi connectivity index (χ1v) is 6.60. The average Bonchev–Trinajstić information content (AvgIpc) is 3.09. The van der Waals surface area contributed by atoms with Gasteiger partial charge in [0.2, 0.25) is 0 Å². The Morgan fingerprint density at radius 2 is 2.10 bits per heavy atom. The van der Waals surface area contributed by atoms with Crippen molar-refractivity contribution in [3.63, 3.8) is 0 Å². The highest BCUT2D eigenvalue weighted by atomic mass is 79.9. The summed E-state index contributed by atoms with van der Waals surface area (Å²) in [5.41, 5.74) is 0. The highest BCUT2D eigenvalue weighted by Gasteiger charge is 2.31. The predicted octanol–water partition coefficient (Wildman–Crippen LogP) is 3.01. The molecule has 0 radical (unpaired) electrons. The Morgan fingerprint density at radius 1 is 1.40 bits per heavy atom. The van der Waals surface area contributed by atoms with E-state index in [1.807, 2.05) is 0 Å². The quantitative estimate of drug-likeness (QED) is 0.885. The topological polar surface area (TPSA) is 47.6 Å². The second-order valence-corrected chi connectivity index (χ2v) is 5.12. The molecule has 0 saturated heterocycles. The van der Waals surface area contributed by atoms with Gasteiger partial charge in [-0.3, -0.25) is 4.79 Å². The molecule has 0 bridgehead atoms.